The SMILES string of the molecule is CCCCCCCCCCCCCCCCCC(=O)C(OC(C)(C)C)(C(=O)O)C(OC(C)(C)C)(C(=O)O)C(=O)CCCCCCCCCCCCCCCCC. The summed E-state index contributed by atoms with van der Waals surface area (Å²) in [6.07, 6.45) is 33.7. The van der Waals surface area contributed by atoms with Crippen molar-refractivity contribution in [3.63, 3.8) is 0 Å². The Morgan fingerprint density at radius 3 is 0.679 bits per heavy atom. The Hall–Kier alpha value is -1.80. The Kier molecular flexibility index (Phi) is 30.2. The van der Waals surface area contributed by atoms with Crippen LogP contribution in [0.5, 0.6) is 0 Å². The summed E-state index contributed by atoms with van der Waals surface area (Å²) < 4.78 is 12.1. The molecule has 56 heavy (non-hydrogen) atoms. The zero-order valence-electron chi connectivity index (χ0n) is 38.0. The number of ketones is 2. The van der Waals surface area contributed by atoms with Crippen molar-refractivity contribution in [3.05, 3.63) is 0 Å². The Morgan fingerprint density at radius 1 is 0.339 bits per heavy atom. The van der Waals surface area contributed by atoms with E-state index in [1.807, 2.05) is 0 Å². The van der Waals surface area contributed by atoms with Gasteiger partial charge in [-0.2, -0.15) is 0 Å². The van der Waals surface area contributed by atoms with E-state index in [1.54, 1.807) is 41.5 Å². The van der Waals surface area contributed by atoms with Crippen molar-refractivity contribution in [2.75, 3.05) is 0 Å². The molecule has 0 saturated heterocycles. The van der Waals surface area contributed by atoms with E-state index in [0.29, 0.717) is 25.7 Å². The monoisotopic (exact) mass is 795 g/mol. The highest BCUT2D eigenvalue weighted by Crippen LogP contribution is 2.42. The second kappa shape index (κ2) is 31.2. The molecule has 0 heterocycles. The van der Waals surface area contributed by atoms with E-state index in [9.17, 15) is 29.4 Å². The third-order valence-corrected chi connectivity index (χ3v) is 10.8. The molecule has 0 aromatic carbocycles. The molecule has 0 aromatic rings. The van der Waals surface area contributed by atoms with Gasteiger partial charge in [0.1, 0.15) is 0 Å². The lowest BCUT2D eigenvalue weighted by Gasteiger charge is -2.47. The number of aliphatic carboxylic acids is 2. The van der Waals surface area contributed by atoms with Crippen LogP contribution in [0.2, 0.25) is 0 Å². The second-order valence-electron chi connectivity index (χ2n) is 18.6. The van der Waals surface area contributed by atoms with E-state index in [4.69, 9.17) is 9.47 Å². The predicted octanol–water partition coefficient (Wildman–Crippen LogP) is 13.9. The number of carbonyl (C=O) groups is 4. The van der Waals surface area contributed by atoms with Gasteiger partial charge in [0.15, 0.2) is 11.6 Å². The average molecular weight is 795 g/mol. The first-order chi connectivity index (χ1) is 26.5. The largest absolute Gasteiger partial charge is 0.479 e. The van der Waals surface area contributed by atoms with E-state index in [2.05, 4.69) is 13.8 Å². The maximum Gasteiger partial charge on any atom is 0.348 e. The number of hydrogen-bond acceptors (Lipinski definition) is 6. The molecule has 0 saturated carbocycles. The van der Waals surface area contributed by atoms with Crippen LogP contribution in [0, 0.1) is 0 Å². The molecule has 8 nitrogen and oxygen atoms in total. The minimum atomic E-state index is -3.06. The maximum absolute atomic E-state index is 14.3. The van der Waals surface area contributed by atoms with Crippen LogP contribution in [-0.4, -0.2) is 56.1 Å². The third-order valence-electron chi connectivity index (χ3n) is 10.8. The molecule has 0 radical (unpaired) electrons. The van der Waals surface area contributed by atoms with Crippen LogP contribution in [0.1, 0.15) is 261 Å². The average Bonchev–Trinajstić information content (AvgIpc) is 3.11. The van der Waals surface area contributed by atoms with Gasteiger partial charge in [-0.1, -0.05) is 194 Å². The van der Waals surface area contributed by atoms with E-state index in [1.165, 1.54) is 128 Å². The van der Waals surface area contributed by atoms with Crippen molar-refractivity contribution in [1.82, 2.24) is 0 Å². The van der Waals surface area contributed by atoms with Crippen LogP contribution < -0.4 is 0 Å². The van der Waals surface area contributed by atoms with E-state index in [0.717, 1.165) is 38.5 Å². The number of rotatable bonds is 39. The van der Waals surface area contributed by atoms with Crippen molar-refractivity contribution in [2.24, 2.45) is 0 Å². The normalized spacial score (nSPS) is 14.4. The predicted molar refractivity (Wildman–Crippen MR) is 232 cm³/mol. The minimum absolute atomic E-state index is 0.227. The topological polar surface area (TPSA) is 127 Å². The van der Waals surface area contributed by atoms with Gasteiger partial charge in [0.25, 0.3) is 11.2 Å². The molecule has 0 aliphatic rings. The Morgan fingerprint density at radius 2 is 0.518 bits per heavy atom. The maximum atomic E-state index is 14.3. The molecular formula is C48H90O8. The van der Waals surface area contributed by atoms with Gasteiger partial charge in [0, 0.05) is 12.8 Å². The van der Waals surface area contributed by atoms with Crippen molar-refractivity contribution in [1.29, 1.82) is 0 Å². The van der Waals surface area contributed by atoms with Crippen molar-refractivity contribution in [3.8, 4) is 0 Å². The summed E-state index contributed by atoms with van der Waals surface area (Å²) in [6.45, 7) is 13.9. The first-order valence-corrected chi connectivity index (χ1v) is 23.5. The van der Waals surface area contributed by atoms with Gasteiger partial charge >= 0.3 is 11.9 Å². The number of unbranched alkanes of at least 4 members (excludes halogenated alkanes) is 28. The highest BCUT2D eigenvalue weighted by molar-refractivity contribution is 6.22. The molecular weight excluding hydrogens is 705 g/mol. The van der Waals surface area contributed by atoms with Crippen molar-refractivity contribution in [2.45, 2.75) is 283 Å². The van der Waals surface area contributed by atoms with Gasteiger partial charge in [-0.25, -0.2) is 9.59 Å². The molecule has 0 rings (SSSR count). The zero-order valence-corrected chi connectivity index (χ0v) is 38.0. The van der Waals surface area contributed by atoms with Crippen molar-refractivity contribution < 1.29 is 38.9 Å². The Labute approximate surface area is 344 Å². The van der Waals surface area contributed by atoms with Gasteiger partial charge in [0.05, 0.1) is 11.2 Å². The lowest BCUT2D eigenvalue weighted by molar-refractivity contribution is -0.257. The number of hydrogen-bond donors (Lipinski definition) is 2. The van der Waals surface area contributed by atoms with Gasteiger partial charge in [-0.15, -0.1) is 0 Å². The highest BCUT2D eigenvalue weighted by Gasteiger charge is 2.74. The minimum Gasteiger partial charge on any atom is -0.479 e. The van der Waals surface area contributed by atoms with Crippen molar-refractivity contribution >= 4 is 23.5 Å². The van der Waals surface area contributed by atoms with Crippen LogP contribution in [0.25, 0.3) is 0 Å². The molecule has 0 aromatic heterocycles. The molecule has 0 bridgehead atoms. The van der Waals surface area contributed by atoms with E-state index in [-0.39, 0.29) is 12.8 Å². The van der Waals surface area contributed by atoms with E-state index >= 15 is 0 Å². The molecule has 2 atom stereocenters. The Bertz CT molecular complexity index is 959. The van der Waals surface area contributed by atoms with Gasteiger partial charge in [-0.05, 0) is 54.4 Å². The number of carboxylic acid groups (broad SMARTS) is 2. The van der Waals surface area contributed by atoms with Crippen LogP contribution in [-0.2, 0) is 28.7 Å². The number of carbonyl (C=O) groups excluding carboxylic acids is 2. The standard InChI is InChI=1S/C48H90O8/c1-9-11-13-15-17-19-21-23-25-27-29-31-33-35-37-39-41(49)47(43(51)52,55-45(3,4)5)48(44(53)54,56-46(6,7)8)42(50)40-38-36-34-32-30-28-26-24-22-20-18-16-14-12-10-2/h9-40H2,1-8H3,(H,51,52)(H,53,54). The van der Waals surface area contributed by atoms with Crippen LogP contribution in [0.3, 0.4) is 0 Å². The second-order valence-corrected chi connectivity index (χ2v) is 18.6. The molecule has 2 N–H and O–H groups in total. The van der Waals surface area contributed by atoms with Crippen LogP contribution in [0.15, 0.2) is 0 Å². The number of Topliss-reactive ketones (excluding diaryl/α,β-unsaturated/α-hetero) is 2. The molecule has 8 heteroatoms. The smallest absolute Gasteiger partial charge is 0.348 e. The fourth-order valence-electron chi connectivity index (χ4n) is 7.86. The molecule has 0 amide bonds. The molecule has 330 valence electrons. The summed E-state index contributed by atoms with van der Waals surface area (Å²) in [5.74, 6) is -5.50. The zero-order chi connectivity index (χ0) is 42.4. The van der Waals surface area contributed by atoms with Crippen LogP contribution in [0.4, 0.5) is 0 Å². The summed E-state index contributed by atoms with van der Waals surface area (Å²) in [6, 6.07) is 0. The number of ether oxygens (including phenoxy) is 2. The van der Waals surface area contributed by atoms with Crippen LogP contribution >= 0.6 is 0 Å². The lowest BCUT2D eigenvalue weighted by Crippen LogP contribution is -2.76. The highest BCUT2D eigenvalue weighted by atomic mass is 16.6. The third kappa shape index (κ3) is 23.0. The quantitative estimate of drug-likeness (QED) is 0.0465. The molecule has 0 spiro atoms. The van der Waals surface area contributed by atoms with Gasteiger partial charge in [-0.3, -0.25) is 9.59 Å². The molecule has 2 unspecified atom stereocenters. The fourth-order valence-corrected chi connectivity index (χ4v) is 7.86. The summed E-state index contributed by atoms with van der Waals surface area (Å²) in [4.78, 5) is 55.4. The van der Waals surface area contributed by atoms with Gasteiger partial charge < -0.3 is 19.7 Å². The number of carboxylic acids is 2. The first-order valence-electron chi connectivity index (χ1n) is 23.5. The van der Waals surface area contributed by atoms with Gasteiger partial charge in [0.2, 0.25) is 0 Å². The summed E-state index contributed by atoms with van der Waals surface area (Å²) in [5.41, 5.74) is -8.68. The summed E-state index contributed by atoms with van der Waals surface area (Å²) >= 11 is 0. The molecule has 0 aliphatic carbocycles. The fraction of sp³-hybridized carbons (Fsp3) is 0.917. The summed E-state index contributed by atoms with van der Waals surface area (Å²) in [5, 5.41) is 21.8. The first kappa shape index (κ1) is 54.2. The Balaban J connectivity index is 5.36. The lowest BCUT2D eigenvalue weighted by atomic mass is 9.72. The molecule has 0 fully saturated rings. The van der Waals surface area contributed by atoms with E-state index < -0.39 is 45.9 Å². The molecule has 0 aliphatic heterocycles. The summed E-state index contributed by atoms with van der Waals surface area (Å²) in [7, 11) is 0.